The molecule has 0 aliphatic rings. The van der Waals surface area contributed by atoms with Crippen molar-refractivity contribution < 1.29 is 47.6 Å². The highest BCUT2D eigenvalue weighted by Gasteiger charge is 2.03. The zero-order valence-electron chi connectivity index (χ0n) is 19.4. The predicted octanol–water partition coefficient (Wildman–Crippen LogP) is 2.09. The summed E-state index contributed by atoms with van der Waals surface area (Å²) in [7, 11) is 0. The second-order valence-corrected chi connectivity index (χ2v) is 6.15. The molecule has 0 aromatic carbocycles. The number of carbonyl (C=O) groups is 4. The topological polar surface area (TPSA) is 124 Å². The van der Waals surface area contributed by atoms with E-state index in [2.05, 4.69) is 35.8 Å². The summed E-state index contributed by atoms with van der Waals surface area (Å²) in [6.45, 7) is 18.7. The molecular formula is C23H34O10. The molecule has 0 bridgehead atoms. The van der Waals surface area contributed by atoms with Crippen LogP contribution in [0, 0.1) is 0 Å². The number of hydrogen-bond acceptors (Lipinski definition) is 10. The van der Waals surface area contributed by atoms with Gasteiger partial charge in [-0.15, -0.1) is 0 Å². The molecule has 0 aliphatic heterocycles. The molecule has 0 aliphatic carbocycles. The molecule has 186 valence electrons. The smallest absolute Gasteiger partial charge is 0.333 e. The van der Waals surface area contributed by atoms with E-state index in [1.54, 1.807) is 13.8 Å². The van der Waals surface area contributed by atoms with Crippen LogP contribution in [0.5, 0.6) is 0 Å². The minimum Gasteiger partial charge on any atom is -0.462 e. The normalized spacial score (nSPS) is 9.39. The highest BCUT2D eigenvalue weighted by molar-refractivity contribution is 5.87. The average Bonchev–Trinajstić information content (AvgIpc) is 2.79. The van der Waals surface area contributed by atoms with Crippen LogP contribution in [0.15, 0.2) is 49.6 Å². The van der Waals surface area contributed by atoms with Crippen molar-refractivity contribution in [2.24, 2.45) is 0 Å². The molecule has 0 unspecified atom stereocenters. The lowest BCUT2D eigenvalue weighted by Gasteiger charge is -2.07. The Morgan fingerprint density at radius 1 is 0.576 bits per heavy atom. The largest absolute Gasteiger partial charge is 0.462 e. The van der Waals surface area contributed by atoms with Crippen LogP contribution in [0.25, 0.3) is 0 Å². The molecule has 0 aromatic heterocycles. The molecule has 0 radical (unpaired) electrons. The van der Waals surface area contributed by atoms with E-state index in [0.717, 1.165) is 12.2 Å². The van der Waals surface area contributed by atoms with Gasteiger partial charge in [0, 0.05) is 29.7 Å². The molecule has 0 fully saturated rings. The summed E-state index contributed by atoms with van der Waals surface area (Å²) >= 11 is 0. The number of ether oxygens (including phenoxy) is 6. The lowest BCUT2D eigenvalue weighted by Crippen LogP contribution is -2.15. The maximum absolute atomic E-state index is 11.0. The van der Waals surface area contributed by atoms with Crippen molar-refractivity contribution in [3.63, 3.8) is 0 Å². The number of rotatable bonds is 17. The monoisotopic (exact) mass is 470 g/mol. The maximum atomic E-state index is 11.0. The van der Waals surface area contributed by atoms with Crippen LogP contribution < -0.4 is 0 Å². The molecule has 0 aromatic rings. The quantitative estimate of drug-likeness (QED) is 0.135. The highest BCUT2D eigenvalue weighted by Crippen LogP contribution is 1.93. The summed E-state index contributed by atoms with van der Waals surface area (Å²) in [5, 5.41) is 0. The minimum atomic E-state index is -0.477. The lowest BCUT2D eigenvalue weighted by molar-refractivity contribution is -0.142. The SMILES string of the molecule is C=C(C)C(=O)OCCOCCOCCOC(=O)C(=C)C.C=CC(=O)OCCCOC(=O)C=C. The van der Waals surface area contributed by atoms with Gasteiger partial charge in [-0.2, -0.15) is 0 Å². The zero-order valence-corrected chi connectivity index (χ0v) is 19.4. The van der Waals surface area contributed by atoms with Crippen molar-refractivity contribution >= 4 is 23.9 Å². The Morgan fingerprint density at radius 3 is 1.21 bits per heavy atom. The van der Waals surface area contributed by atoms with Crippen LogP contribution in [-0.2, 0) is 47.6 Å². The van der Waals surface area contributed by atoms with Crippen LogP contribution in [-0.4, -0.2) is 76.7 Å². The van der Waals surface area contributed by atoms with Gasteiger partial charge < -0.3 is 28.4 Å². The Bertz CT molecular complexity index is 610. The molecule has 0 rings (SSSR count). The first kappa shape index (κ1) is 31.9. The van der Waals surface area contributed by atoms with Gasteiger partial charge >= 0.3 is 23.9 Å². The number of esters is 4. The average molecular weight is 471 g/mol. The molecule has 0 spiro atoms. The summed E-state index contributed by atoms with van der Waals surface area (Å²) < 4.78 is 29.3. The van der Waals surface area contributed by atoms with E-state index < -0.39 is 23.9 Å². The third-order valence-corrected chi connectivity index (χ3v) is 3.10. The fourth-order valence-electron chi connectivity index (χ4n) is 1.48. The van der Waals surface area contributed by atoms with Crippen molar-refractivity contribution in [3.8, 4) is 0 Å². The molecule has 33 heavy (non-hydrogen) atoms. The Hall–Kier alpha value is -3.24. The first-order valence-electron chi connectivity index (χ1n) is 10.0. The summed E-state index contributed by atoms with van der Waals surface area (Å²) in [5.74, 6) is -1.81. The number of carbonyl (C=O) groups excluding carboxylic acids is 4. The summed E-state index contributed by atoms with van der Waals surface area (Å²) in [5.41, 5.74) is 0.718. The summed E-state index contributed by atoms with van der Waals surface area (Å²) in [6, 6.07) is 0. The molecule has 10 nitrogen and oxygen atoms in total. The van der Waals surface area contributed by atoms with E-state index in [0.29, 0.717) is 44.0 Å². The van der Waals surface area contributed by atoms with Gasteiger partial charge in [-0.25, -0.2) is 19.2 Å². The van der Waals surface area contributed by atoms with Crippen molar-refractivity contribution in [1.29, 1.82) is 0 Å². The predicted molar refractivity (Wildman–Crippen MR) is 120 cm³/mol. The van der Waals surface area contributed by atoms with Gasteiger partial charge in [0.15, 0.2) is 0 Å². The van der Waals surface area contributed by atoms with E-state index in [4.69, 9.17) is 18.9 Å². The third-order valence-electron chi connectivity index (χ3n) is 3.10. The Kier molecular flexibility index (Phi) is 21.3. The van der Waals surface area contributed by atoms with Gasteiger partial charge in [-0.05, 0) is 13.8 Å². The fourth-order valence-corrected chi connectivity index (χ4v) is 1.48. The molecule has 0 amide bonds. The maximum Gasteiger partial charge on any atom is 0.333 e. The number of hydrogen-bond donors (Lipinski definition) is 0. The molecule has 0 heterocycles. The van der Waals surface area contributed by atoms with Crippen LogP contribution in [0.4, 0.5) is 0 Å². The lowest BCUT2D eigenvalue weighted by atomic mass is 10.4. The minimum absolute atomic E-state index is 0.182. The van der Waals surface area contributed by atoms with Crippen molar-refractivity contribution in [3.05, 3.63) is 49.6 Å². The Labute approximate surface area is 194 Å². The molecule has 10 heteroatoms. The van der Waals surface area contributed by atoms with E-state index in [1.807, 2.05) is 0 Å². The molecule has 0 saturated heterocycles. The van der Waals surface area contributed by atoms with Gasteiger partial charge in [0.1, 0.15) is 13.2 Å². The van der Waals surface area contributed by atoms with Gasteiger partial charge in [-0.3, -0.25) is 0 Å². The first-order chi connectivity index (χ1) is 15.6. The highest BCUT2D eigenvalue weighted by atomic mass is 16.6. The van der Waals surface area contributed by atoms with Crippen molar-refractivity contribution in [2.45, 2.75) is 20.3 Å². The van der Waals surface area contributed by atoms with Crippen LogP contribution in [0.1, 0.15) is 20.3 Å². The van der Waals surface area contributed by atoms with Crippen molar-refractivity contribution in [2.75, 3.05) is 52.9 Å². The van der Waals surface area contributed by atoms with Gasteiger partial charge in [0.25, 0.3) is 0 Å². The molecular weight excluding hydrogens is 436 g/mol. The molecule has 0 atom stereocenters. The van der Waals surface area contributed by atoms with Gasteiger partial charge in [-0.1, -0.05) is 26.3 Å². The third kappa shape index (κ3) is 23.3. The van der Waals surface area contributed by atoms with Gasteiger partial charge in [0.2, 0.25) is 0 Å². The Morgan fingerprint density at radius 2 is 0.909 bits per heavy atom. The Balaban J connectivity index is 0. The van der Waals surface area contributed by atoms with Gasteiger partial charge in [0.05, 0.1) is 39.6 Å². The second-order valence-electron chi connectivity index (χ2n) is 6.15. The van der Waals surface area contributed by atoms with E-state index in [-0.39, 0.29) is 26.4 Å². The van der Waals surface area contributed by atoms with E-state index in [9.17, 15) is 19.2 Å². The van der Waals surface area contributed by atoms with Crippen LogP contribution >= 0.6 is 0 Å². The van der Waals surface area contributed by atoms with Crippen molar-refractivity contribution in [1.82, 2.24) is 0 Å². The molecule has 0 saturated carbocycles. The van der Waals surface area contributed by atoms with E-state index >= 15 is 0 Å². The first-order valence-corrected chi connectivity index (χ1v) is 10.0. The summed E-state index contributed by atoms with van der Waals surface area (Å²) in [4.78, 5) is 43.0. The summed E-state index contributed by atoms with van der Waals surface area (Å²) in [6.07, 6.45) is 2.63. The standard InChI is InChI=1S/C14H22O6.C9H12O4/c1-11(2)13(15)19-9-7-17-5-6-18-8-10-20-14(16)12(3)4;1-3-8(10)12-6-5-7-13-9(11)4-2/h1,3,5-10H2,2,4H3;3-4H,1-2,5-7H2. The second kappa shape index (κ2) is 22.0. The van der Waals surface area contributed by atoms with Crippen LogP contribution in [0.3, 0.4) is 0 Å². The molecule has 0 N–H and O–H groups in total. The fraction of sp³-hybridized carbons (Fsp3) is 0.478. The zero-order chi connectivity index (χ0) is 25.5. The van der Waals surface area contributed by atoms with Crippen LogP contribution in [0.2, 0.25) is 0 Å². The van der Waals surface area contributed by atoms with E-state index in [1.165, 1.54) is 0 Å².